The SMILES string of the molecule is C=CCN(Cc1ccccc1)C(=O)[C@@H]1[C@H]2C(=O)N(CCCCO)C(C(=O)N(CC=C)c3ccc4ccccc4c3)C23CC[C@@]1(CC)O3. The molecule has 0 aromatic heterocycles. The molecular formula is C39H45N3O5. The van der Waals surface area contributed by atoms with Crippen LogP contribution >= 0.6 is 0 Å². The van der Waals surface area contributed by atoms with Crippen molar-refractivity contribution in [2.24, 2.45) is 11.8 Å². The minimum Gasteiger partial charge on any atom is -0.396 e. The number of hydrogen-bond acceptors (Lipinski definition) is 5. The van der Waals surface area contributed by atoms with Crippen molar-refractivity contribution in [1.29, 1.82) is 0 Å². The molecule has 3 heterocycles. The number of benzene rings is 3. The predicted octanol–water partition coefficient (Wildman–Crippen LogP) is 5.50. The number of likely N-dealkylation sites (tertiary alicyclic amines) is 1. The molecule has 0 saturated carbocycles. The first-order valence-electron chi connectivity index (χ1n) is 16.8. The van der Waals surface area contributed by atoms with Crippen molar-refractivity contribution in [3.63, 3.8) is 0 Å². The van der Waals surface area contributed by atoms with Crippen molar-refractivity contribution in [3.05, 3.63) is 104 Å². The van der Waals surface area contributed by atoms with Crippen molar-refractivity contribution in [3.8, 4) is 0 Å². The zero-order chi connectivity index (χ0) is 33.2. The van der Waals surface area contributed by atoms with Gasteiger partial charge in [-0.05, 0) is 60.6 Å². The third kappa shape index (κ3) is 5.57. The Labute approximate surface area is 277 Å². The van der Waals surface area contributed by atoms with E-state index in [4.69, 9.17) is 4.74 Å². The van der Waals surface area contributed by atoms with Crippen LogP contribution in [-0.2, 0) is 25.7 Å². The second kappa shape index (κ2) is 13.5. The van der Waals surface area contributed by atoms with E-state index in [-0.39, 0.29) is 37.4 Å². The first kappa shape index (κ1) is 32.7. The topological polar surface area (TPSA) is 90.4 Å². The molecule has 0 radical (unpaired) electrons. The maximum absolute atomic E-state index is 15.0. The summed E-state index contributed by atoms with van der Waals surface area (Å²) in [6.07, 6.45) is 6.07. The number of fused-ring (bicyclic) bond motifs is 2. The van der Waals surface area contributed by atoms with Gasteiger partial charge in [0.15, 0.2) is 0 Å². The van der Waals surface area contributed by atoms with Gasteiger partial charge in [-0.2, -0.15) is 0 Å². The molecule has 1 N–H and O–H groups in total. The van der Waals surface area contributed by atoms with Crippen LogP contribution in [-0.4, -0.2) is 76.1 Å². The van der Waals surface area contributed by atoms with E-state index >= 15 is 0 Å². The van der Waals surface area contributed by atoms with E-state index in [0.717, 1.165) is 16.3 Å². The summed E-state index contributed by atoms with van der Waals surface area (Å²) >= 11 is 0. The summed E-state index contributed by atoms with van der Waals surface area (Å²) in [5.74, 6) is -2.13. The number of aliphatic hydroxyl groups is 1. The van der Waals surface area contributed by atoms with Gasteiger partial charge in [-0.15, -0.1) is 13.2 Å². The van der Waals surface area contributed by atoms with Crippen LogP contribution in [0.15, 0.2) is 98.1 Å². The molecule has 3 aromatic rings. The van der Waals surface area contributed by atoms with Crippen LogP contribution in [0.5, 0.6) is 0 Å². The summed E-state index contributed by atoms with van der Waals surface area (Å²) in [7, 11) is 0. The first-order chi connectivity index (χ1) is 22.8. The zero-order valence-electron chi connectivity index (χ0n) is 27.2. The highest BCUT2D eigenvalue weighted by Crippen LogP contribution is 2.64. The molecule has 6 rings (SSSR count). The van der Waals surface area contributed by atoms with Gasteiger partial charge < -0.3 is 24.5 Å². The van der Waals surface area contributed by atoms with E-state index in [0.29, 0.717) is 50.9 Å². The average Bonchev–Trinajstić information content (AvgIpc) is 3.70. The van der Waals surface area contributed by atoms with E-state index in [2.05, 4.69) is 13.2 Å². The number of carbonyl (C=O) groups excluding carboxylic acids is 3. The standard InChI is InChI=1S/C39H45N3O5/c1-4-22-40(27-28-14-8-7-9-15-28)35(44)32-33-36(45)42(24-12-13-25-43)34(39(33)21-20-38(32,6-3)47-39)37(46)41(23-5-2)31-19-18-29-16-10-11-17-30(29)26-31/h4-5,7-11,14-19,26,32-34,43H,1-2,6,12-13,20-25,27H2,3H3/t32-,33-,34?,38+,39?/m0/s1. The summed E-state index contributed by atoms with van der Waals surface area (Å²) in [6, 6.07) is 22.8. The molecule has 3 aromatic carbocycles. The fraction of sp³-hybridized carbons (Fsp3) is 0.410. The fourth-order valence-corrected chi connectivity index (χ4v) is 8.34. The van der Waals surface area contributed by atoms with Crippen molar-refractivity contribution in [2.75, 3.05) is 31.1 Å². The molecule has 3 saturated heterocycles. The largest absolute Gasteiger partial charge is 0.396 e. The Morgan fingerprint density at radius 1 is 0.957 bits per heavy atom. The van der Waals surface area contributed by atoms with Gasteiger partial charge >= 0.3 is 0 Å². The lowest BCUT2D eigenvalue weighted by Crippen LogP contribution is -2.56. The molecule has 5 atom stereocenters. The Morgan fingerprint density at radius 2 is 1.68 bits per heavy atom. The fourth-order valence-electron chi connectivity index (χ4n) is 8.34. The van der Waals surface area contributed by atoms with E-state index in [1.807, 2.05) is 79.7 Å². The number of carbonyl (C=O) groups is 3. The maximum atomic E-state index is 15.0. The number of rotatable bonds is 14. The summed E-state index contributed by atoms with van der Waals surface area (Å²) in [5, 5.41) is 11.6. The van der Waals surface area contributed by atoms with Crippen molar-refractivity contribution < 1.29 is 24.2 Å². The van der Waals surface area contributed by atoms with Gasteiger partial charge in [-0.3, -0.25) is 14.4 Å². The minimum atomic E-state index is -1.15. The molecule has 2 bridgehead atoms. The van der Waals surface area contributed by atoms with Crippen molar-refractivity contribution >= 4 is 34.2 Å². The van der Waals surface area contributed by atoms with Gasteiger partial charge in [-0.1, -0.05) is 79.7 Å². The first-order valence-corrected chi connectivity index (χ1v) is 16.8. The normalized spacial score (nSPS) is 26.0. The Hall–Kier alpha value is -4.27. The second-order valence-electron chi connectivity index (χ2n) is 13.1. The highest BCUT2D eigenvalue weighted by atomic mass is 16.5. The van der Waals surface area contributed by atoms with Gasteiger partial charge in [0, 0.05) is 38.5 Å². The molecule has 246 valence electrons. The van der Waals surface area contributed by atoms with Crippen LogP contribution < -0.4 is 4.90 Å². The molecule has 3 fully saturated rings. The van der Waals surface area contributed by atoms with E-state index in [1.54, 1.807) is 26.9 Å². The van der Waals surface area contributed by atoms with E-state index in [1.165, 1.54) is 0 Å². The number of anilines is 1. The van der Waals surface area contributed by atoms with Crippen LogP contribution in [0.25, 0.3) is 10.8 Å². The van der Waals surface area contributed by atoms with Crippen LogP contribution in [0.2, 0.25) is 0 Å². The molecule has 3 amide bonds. The summed E-state index contributed by atoms with van der Waals surface area (Å²) in [6.45, 7) is 11.1. The quantitative estimate of drug-likeness (QED) is 0.187. The lowest BCUT2D eigenvalue weighted by atomic mass is 9.64. The smallest absolute Gasteiger partial charge is 0.253 e. The molecular weight excluding hydrogens is 590 g/mol. The van der Waals surface area contributed by atoms with Crippen LogP contribution in [0.3, 0.4) is 0 Å². The maximum Gasteiger partial charge on any atom is 0.253 e. The Bertz CT molecular complexity index is 1660. The zero-order valence-corrected chi connectivity index (χ0v) is 27.2. The summed E-state index contributed by atoms with van der Waals surface area (Å²) < 4.78 is 7.05. The molecule has 1 spiro atoms. The van der Waals surface area contributed by atoms with Crippen molar-refractivity contribution in [1.82, 2.24) is 9.80 Å². The third-order valence-corrected chi connectivity index (χ3v) is 10.5. The average molecular weight is 636 g/mol. The number of unbranched alkanes of at least 4 members (excludes halogenated alkanes) is 1. The Morgan fingerprint density at radius 3 is 2.38 bits per heavy atom. The van der Waals surface area contributed by atoms with Crippen molar-refractivity contribution in [2.45, 2.75) is 62.8 Å². The van der Waals surface area contributed by atoms with Crippen LogP contribution in [0.4, 0.5) is 5.69 Å². The van der Waals surface area contributed by atoms with E-state index < -0.39 is 29.1 Å². The van der Waals surface area contributed by atoms with Gasteiger partial charge in [0.05, 0.1) is 17.4 Å². The molecule has 2 unspecified atom stereocenters. The Kier molecular flexibility index (Phi) is 9.35. The van der Waals surface area contributed by atoms with Crippen LogP contribution in [0.1, 0.15) is 44.6 Å². The predicted molar refractivity (Wildman–Crippen MR) is 183 cm³/mol. The lowest BCUT2D eigenvalue weighted by Gasteiger charge is -2.37. The van der Waals surface area contributed by atoms with Crippen LogP contribution in [0, 0.1) is 11.8 Å². The highest BCUT2D eigenvalue weighted by Gasteiger charge is 2.79. The van der Waals surface area contributed by atoms with Gasteiger partial charge in [-0.25, -0.2) is 0 Å². The lowest BCUT2D eigenvalue weighted by molar-refractivity contribution is -0.151. The number of hydrogen-bond donors (Lipinski definition) is 1. The molecule has 3 aliphatic heterocycles. The number of ether oxygens (including phenoxy) is 1. The van der Waals surface area contributed by atoms with Gasteiger partial charge in [0.25, 0.3) is 5.91 Å². The number of nitrogens with zero attached hydrogens (tertiary/aromatic N) is 3. The highest BCUT2D eigenvalue weighted by molar-refractivity contribution is 6.06. The van der Waals surface area contributed by atoms with Gasteiger partial charge in [0.2, 0.25) is 11.8 Å². The van der Waals surface area contributed by atoms with E-state index in [9.17, 15) is 19.5 Å². The molecule has 0 aliphatic carbocycles. The second-order valence-corrected chi connectivity index (χ2v) is 13.1. The number of amides is 3. The summed E-state index contributed by atoms with van der Waals surface area (Å²) in [4.78, 5) is 49.5. The summed E-state index contributed by atoms with van der Waals surface area (Å²) in [5.41, 5.74) is -0.303. The molecule has 3 aliphatic rings. The molecule has 47 heavy (non-hydrogen) atoms. The Balaban J connectivity index is 1.41. The minimum absolute atomic E-state index is 0.0125. The monoisotopic (exact) mass is 635 g/mol. The third-order valence-electron chi connectivity index (χ3n) is 10.5. The van der Waals surface area contributed by atoms with Gasteiger partial charge in [0.1, 0.15) is 11.6 Å². The molecule has 8 heteroatoms. The number of aliphatic hydroxyl groups excluding tert-OH is 1. The molecule has 8 nitrogen and oxygen atoms in total.